The van der Waals surface area contributed by atoms with E-state index in [1.807, 2.05) is 27.9 Å². The average Bonchev–Trinajstić information content (AvgIpc) is 2.35. The molecule has 88 valence electrons. The Kier molecular flexibility index (Phi) is 3.73. The van der Waals surface area contributed by atoms with Crippen molar-refractivity contribution in [3.8, 4) is 0 Å². The molecule has 0 aliphatic carbocycles. The Balaban J connectivity index is 2.52. The molecule has 0 spiro atoms. The quantitative estimate of drug-likeness (QED) is 0.548. The van der Waals surface area contributed by atoms with E-state index in [2.05, 4.69) is 0 Å². The molecule has 1 aliphatic rings. The van der Waals surface area contributed by atoms with Gasteiger partial charge in [0.15, 0.2) is 6.04 Å². The molecule has 1 aliphatic heterocycles. The number of quaternary nitrogens is 1. The smallest absolute Gasteiger partial charge is 0.365 e. The highest BCUT2D eigenvalue weighted by molar-refractivity contribution is 5.74. The minimum Gasteiger partial charge on any atom is -0.461 e. The lowest BCUT2D eigenvalue weighted by Crippen LogP contribution is -2.49. The maximum atomic E-state index is 11.8. The van der Waals surface area contributed by atoms with Crippen molar-refractivity contribution in [1.29, 1.82) is 0 Å². The minimum absolute atomic E-state index is 0.176. The molecule has 1 rings (SSSR count). The van der Waals surface area contributed by atoms with Crippen LogP contribution in [0.4, 0.5) is 0 Å². The van der Waals surface area contributed by atoms with Crippen molar-refractivity contribution < 1.29 is 19.1 Å². The van der Waals surface area contributed by atoms with Crippen molar-refractivity contribution in [3.05, 3.63) is 0 Å². The Morgan fingerprint density at radius 3 is 2.53 bits per heavy atom. The van der Waals surface area contributed by atoms with Crippen LogP contribution in [0.3, 0.4) is 0 Å². The van der Waals surface area contributed by atoms with E-state index in [1.165, 1.54) is 0 Å². The van der Waals surface area contributed by atoms with Crippen LogP contribution in [0.25, 0.3) is 0 Å². The van der Waals surface area contributed by atoms with Crippen LogP contribution < -0.4 is 0 Å². The topological polar surface area (TPSA) is 46.5 Å². The molecule has 0 aromatic rings. The Morgan fingerprint density at radius 1 is 1.53 bits per heavy atom. The lowest BCUT2D eigenvalue weighted by molar-refractivity contribution is -0.895. The molecule has 0 bridgehead atoms. The fourth-order valence-corrected chi connectivity index (χ4v) is 2.01. The zero-order valence-corrected chi connectivity index (χ0v) is 10.1. The molecular formula is C11H22NO3+. The number of carbonyl (C=O) groups is 1. The van der Waals surface area contributed by atoms with Crippen LogP contribution in [0.5, 0.6) is 0 Å². The van der Waals surface area contributed by atoms with Gasteiger partial charge in [0, 0.05) is 6.42 Å². The van der Waals surface area contributed by atoms with E-state index in [0.29, 0.717) is 30.0 Å². The molecule has 2 atom stereocenters. The summed E-state index contributed by atoms with van der Waals surface area (Å²) in [5.74, 6) is 0.182. The summed E-state index contributed by atoms with van der Waals surface area (Å²) in [6.45, 7) is 5.11. The molecule has 1 fully saturated rings. The number of nitrogens with zero attached hydrogens (tertiary/aromatic N) is 1. The third-order valence-electron chi connectivity index (χ3n) is 2.85. The van der Waals surface area contributed by atoms with Crippen LogP contribution in [0.2, 0.25) is 0 Å². The summed E-state index contributed by atoms with van der Waals surface area (Å²) in [7, 11) is 3.91. The van der Waals surface area contributed by atoms with E-state index in [-0.39, 0.29) is 18.1 Å². The predicted molar refractivity (Wildman–Crippen MR) is 57.2 cm³/mol. The van der Waals surface area contributed by atoms with E-state index >= 15 is 0 Å². The van der Waals surface area contributed by atoms with E-state index in [0.717, 1.165) is 0 Å². The fraction of sp³-hybridized carbons (Fsp3) is 0.909. The van der Waals surface area contributed by atoms with Gasteiger partial charge in [0.1, 0.15) is 12.6 Å². The van der Waals surface area contributed by atoms with Crippen molar-refractivity contribution in [2.24, 2.45) is 5.92 Å². The zero-order chi connectivity index (χ0) is 11.6. The number of likely N-dealkylation sites (N-methyl/N-ethyl adjacent to an activating group) is 1. The first kappa shape index (κ1) is 12.5. The summed E-state index contributed by atoms with van der Waals surface area (Å²) >= 11 is 0. The van der Waals surface area contributed by atoms with Gasteiger partial charge in [0.05, 0.1) is 20.7 Å². The summed E-state index contributed by atoms with van der Waals surface area (Å²) in [5, 5.41) is 9.54. The van der Waals surface area contributed by atoms with E-state index in [9.17, 15) is 9.90 Å². The van der Waals surface area contributed by atoms with Crippen LogP contribution in [0, 0.1) is 5.92 Å². The van der Waals surface area contributed by atoms with Gasteiger partial charge in [0.25, 0.3) is 0 Å². The first-order chi connectivity index (χ1) is 6.83. The van der Waals surface area contributed by atoms with Crippen molar-refractivity contribution in [3.63, 3.8) is 0 Å². The van der Waals surface area contributed by atoms with Gasteiger partial charge >= 0.3 is 5.97 Å². The summed E-state index contributed by atoms with van der Waals surface area (Å²) in [5.41, 5.74) is 0. The van der Waals surface area contributed by atoms with Crippen molar-refractivity contribution in [2.45, 2.75) is 32.4 Å². The zero-order valence-electron chi connectivity index (χ0n) is 10.1. The molecule has 1 heterocycles. The molecule has 0 aromatic carbocycles. The van der Waals surface area contributed by atoms with E-state index in [1.54, 1.807) is 0 Å². The Bertz CT molecular complexity index is 238. The van der Waals surface area contributed by atoms with Crippen molar-refractivity contribution in [1.82, 2.24) is 0 Å². The average molecular weight is 216 g/mol. The lowest BCUT2D eigenvalue weighted by atomic mass is 10.2. The predicted octanol–water partition coefficient (Wildman–Crippen LogP) is 0.395. The normalized spacial score (nSPS) is 29.5. The van der Waals surface area contributed by atoms with Gasteiger partial charge in [-0.2, -0.15) is 0 Å². The highest BCUT2D eigenvalue weighted by atomic mass is 16.5. The first-order valence-corrected chi connectivity index (χ1v) is 5.50. The number of esters is 1. The molecule has 4 heteroatoms. The monoisotopic (exact) mass is 216 g/mol. The highest BCUT2D eigenvalue weighted by Crippen LogP contribution is 2.23. The third-order valence-corrected chi connectivity index (χ3v) is 2.85. The molecule has 4 nitrogen and oxygen atoms in total. The standard InChI is InChI=1S/C11H22NO3/c1-8(2)7-15-11(14)10-5-9(13)6-12(10,3)4/h8-10,13H,5-7H2,1-4H3/q+1. The molecule has 0 saturated carbocycles. The first-order valence-electron chi connectivity index (χ1n) is 5.50. The van der Waals surface area contributed by atoms with Gasteiger partial charge in [-0.15, -0.1) is 0 Å². The molecule has 2 unspecified atom stereocenters. The molecule has 0 aromatic heterocycles. The molecule has 0 radical (unpaired) electrons. The van der Waals surface area contributed by atoms with Gasteiger partial charge in [0.2, 0.25) is 0 Å². The SMILES string of the molecule is CC(C)COC(=O)C1CC(O)C[N+]1(C)C. The van der Waals surface area contributed by atoms with E-state index < -0.39 is 0 Å². The number of likely N-dealkylation sites (tertiary alicyclic amines) is 1. The number of hydrogen-bond acceptors (Lipinski definition) is 3. The van der Waals surface area contributed by atoms with Crippen LogP contribution >= 0.6 is 0 Å². The van der Waals surface area contributed by atoms with Crippen molar-refractivity contribution in [2.75, 3.05) is 27.2 Å². The maximum Gasteiger partial charge on any atom is 0.365 e. The summed E-state index contributed by atoms with van der Waals surface area (Å²) in [6, 6.07) is -0.209. The molecule has 15 heavy (non-hydrogen) atoms. The number of hydrogen-bond donors (Lipinski definition) is 1. The van der Waals surface area contributed by atoms with Crippen molar-refractivity contribution >= 4 is 5.97 Å². The summed E-state index contributed by atoms with van der Waals surface area (Å²) in [4.78, 5) is 11.8. The molecule has 1 N–H and O–H groups in total. The van der Waals surface area contributed by atoms with Gasteiger partial charge in [-0.1, -0.05) is 13.8 Å². The van der Waals surface area contributed by atoms with Gasteiger partial charge < -0.3 is 14.3 Å². The van der Waals surface area contributed by atoms with Crippen LogP contribution in [0.15, 0.2) is 0 Å². The second-order valence-corrected chi connectivity index (χ2v) is 5.39. The number of aliphatic hydroxyl groups is 1. The number of aliphatic hydroxyl groups excluding tert-OH is 1. The van der Waals surface area contributed by atoms with Crippen LogP contribution in [-0.2, 0) is 9.53 Å². The summed E-state index contributed by atoms with van der Waals surface area (Å²) in [6.07, 6.45) is 0.140. The Morgan fingerprint density at radius 2 is 2.13 bits per heavy atom. The number of ether oxygens (including phenoxy) is 1. The van der Waals surface area contributed by atoms with Gasteiger partial charge in [-0.05, 0) is 5.92 Å². The number of carbonyl (C=O) groups excluding carboxylic acids is 1. The van der Waals surface area contributed by atoms with Crippen LogP contribution in [-0.4, -0.2) is 55.0 Å². The van der Waals surface area contributed by atoms with E-state index in [4.69, 9.17) is 4.74 Å². The second-order valence-electron chi connectivity index (χ2n) is 5.39. The maximum absolute atomic E-state index is 11.8. The summed E-state index contributed by atoms with van der Waals surface area (Å²) < 4.78 is 5.73. The third kappa shape index (κ3) is 3.18. The second kappa shape index (κ2) is 4.49. The molecule has 1 saturated heterocycles. The molecule has 0 amide bonds. The molecular weight excluding hydrogens is 194 g/mol. The highest BCUT2D eigenvalue weighted by Gasteiger charge is 2.45. The minimum atomic E-state index is -0.378. The van der Waals surface area contributed by atoms with Gasteiger partial charge in [-0.25, -0.2) is 4.79 Å². The van der Waals surface area contributed by atoms with Gasteiger partial charge in [-0.3, -0.25) is 0 Å². The lowest BCUT2D eigenvalue weighted by Gasteiger charge is -2.29. The fourth-order valence-electron chi connectivity index (χ4n) is 2.01. The number of rotatable bonds is 3. The Hall–Kier alpha value is -0.610. The largest absolute Gasteiger partial charge is 0.461 e. The van der Waals surface area contributed by atoms with Crippen LogP contribution in [0.1, 0.15) is 20.3 Å². The Labute approximate surface area is 91.4 Å².